The van der Waals surface area contributed by atoms with Crippen LogP contribution in [0.1, 0.15) is 213 Å². The number of phosphoric ester groups is 1. The van der Waals surface area contributed by atoms with E-state index in [-0.39, 0.29) is 18.9 Å². The summed E-state index contributed by atoms with van der Waals surface area (Å²) in [6.07, 6.45) is 58.2. The van der Waals surface area contributed by atoms with Crippen LogP contribution in [0.5, 0.6) is 0 Å². The summed E-state index contributed by atoms with van der Waals surface area (Å²) in [6, 6.07) is -1.09. The number of unbranched alkanes of at least 4 members (excludes halogenated alkanes) is 21. The summed E-state index contributed by atoms with van der Waals surface area (Å²) in [6.45, 7) is 4.29. The monoisotopic (exact) mass is 933 g/mol. The Balaban J connectivity index is 4.24. The Morgan fingerprint density at radius 3 is 1.43 bits per heavy atom. The van der Waals surface area contributed by atoms with E-state index >= 15 is 0 Å². The molecule has 0 aliphatic heterocycles. The van der Waals surface area contributed by atoms with Crippen molar-refractivity contribution in [3.63, 3.8) is 0 Å². The molecular weight excluding hydrogens is 832 g/mol. The Hall–Kier alpha value is -2.10. The minimum absolute atomic E-state index is 0.0487. The number of likely N-dealkylation sites (N-methyl/N-ethyl adjacent to an activating group) is 1. The number of aliphatic hydroxyl groups excluding tert-OH is 2. The van der Waals surface area contributed by atoms with Gasteiger partial charge in [0.15, 0.2) is 0 Å². The fourth-order valence-corrected chi connectivity index (χ4v) is 8.06. The van der Waals surface area contributed by atoms with Crippen LogP contribution in [0.3, 0.4) is 0 Å². The topological polar surface area (TPSA) is 128 Å². The van der Waals surface area contributed by atoms with E-state index in [1.54, 1.807) is 0 Å². The van der Waals surface area contributed by atoms with Crippen molar-refractivity contribution in [2.75, 3.05) is 40.9 Å². The van der Waals surface area contributed by atoms with E-state index in [9.17, 15) is 24.5 Å². The Morgan fingerprint density at radius 1 is 0.569 bits per heavy atom. The zero-order chi connectivity index (χ0) is 48.0. The predicted octanol–water partition coefficient (Wildman–Crippen LogP) is 13.9. The first-order valence-corrected chi connectivity index (χ1v) is 27.8. The first kappa shape index (κ1) is 62.9. The number of hydrogen-bond donors (Lipinski definition) is 3. The van der Waals surface area contributed by atoms with Gasteiger partial charge in [-0.05, 0) is 83.5 Å². The van der Waals surface area contributed by atoms with Crippen molar-refractivity contribution in [1.29, 1.82) is 0 Å². The highest BCUT2D eigenvalue weighted by atomic mass is 31.2. The molecule has 65 heavy (non-hydrogen) atoms. The molecule has 0 aromatic rings. The van der Waals surface area contributed by atoms with Gasteiger partial charge in [-0.2, -0.15) is 0 Å². The number of aliphatic hydroxyl groups is 2. The second-order valence-electron chi connectivity index (χ2n) is 19.0. The third kappa shape index (κ3) is 46.8. The lowest BCUT2D eigenvalue weighted by Crippen LogP contribution is -2.51. The lowest BCUT2D eigenvalue weighted by Gasteiger charge is -2.31. The van der Waals surface area contributed by atoms with Gasteiger partial charge in [0.05, 0.1) is 39.9 Å². The van der Waals surface area contributed by atoms with Gasteiger partial charge in [0.1, 0.15) is 19.3 Å². The minimum Gasteiger partial charge on any atom is -0.756 e. The maximum atomic E-state index is 13.0. The summed E-state index contributed by atoms with van der Waals surface area (Å²) >= 11 is 0. The largest absolute Gasteiger partial charge is 0.756 e. The maximum absolute atomic E-state index is 13.0. The fraction of sp³-hybridized carbons (Fsp3) is 0.764. The summed E-state index contributed by atoms with van der Waals surface area (Å²) in [5.74, 6) is -0.293. The van der Waals surface area contributed by atoms with Gasteiger partial charge in [0.25, 0.3) is 7.82 Å². The first-order chi connectivity index (χ1) is 31.4. The van der Waals surface area contributed by atoms with E-state index in [0.29, 0.717) is 30.3 Å². The lowest BCUT2D eigenvalue weighted by molar-refractivity contribution is -0.870. The zero-order valence-corrected chi connectivity index (χ0v) is 43.4. The van der Waals surface area contributed by atoms with Gasteiger partial charge in [-0.25, -0.2) is 0 Å². The van der Waals surface area contributed by atoms with Crippen molar-refractivity contribution in [1.82, 2.24) is 5.32 Å². The summed E-state index contributed by atoms with van der Waals surface area (Å²) in [4.78, 5) is 25.5. The molecule has 3 N–H and O–H groups in total. The van der Waals surface area contributed by atoms with Crippen LogP contribution in [0.2, 0.25) is 0 Å². The molecule has 0 rings (SSSR count). The Labute approximate surface area is 400 Å². The number of allylic oxidation sites excluding steroid dienone is 12. The average Bonchev–Trinajstić information content (AvgIpc) is 3.26. The van der Waals surface area contributed by atoms with Gasteiger partial charge in [0, 0.05) is 6.42 Å². The van der Waals surface area contributed by atoms with Crippen LogP contribution < -0.4 is 10.2 Å². The molecule has 0 radical (unpaired) electrons. The zero-order valence-electron chi connectivity index (χ0n) is 42.5. The molecule has 4 unspecified atom stereocenters. The molecule has 0 aromatic carbocycles. The highest BCUT2D eigenvalue weighted by Crippen LogP contribution is 2.38. The molecule has 0 spiro atoms. The van der Waals surface area contributed by atoms with Crippen molar-refractivity contribution >= 4 is 13.7 Å². The molecule has 0 saturated heterocycles. The van der Waals surface area contributed by atoms with Crippen molar-refractivity contribution in [3.8, 4) is 0 Å². The summed E-state index contributed by atoms with van der Waals surface area (Å²) in [5, 5.41) is 24.7. The highest BCUT2D eigenvalue weighted by Gasteiger charge is 2.29. The fourth-order valence-electron chi connectivity index (χ4n) is 7.34. The average molecular weight is 933 g/mol. The molecule has 0 aliphatic rings. The number of carbonyl (C=O) groups is 1. The van der Waals surface area contributed by atoms with Crippen molar-refractivity contribution < 1.29 is 38.0 Å². The minimum atomic E-state index is -4.68. The number of nitrogens with one attached hydrogen (secondary N) is 1. The van der Waals surface area contributed by atoms with Gasteiger partial charge >= 0.3 is 0 Å². The molecule has 4 atom stereocenters. The van der Waals surface area contributed by atoms with Crippen LogP contribution in [0.15, 0.2) is 72.9 Å². The molecule has 1 amide bonds. The number of carbonyl (C=O) groups excluding carboxylic acids is 1. The van der Waals surface area contributed by atoms with Gasteiger partial charge in [0.2, 0.25) is 5.91 Å². The summed E-state index contributed by atoms with van der Waals surface area (Å²) < 4.78 is 23.2. The second-order valence-corrected chi connectivity index (χ2v) is 20.4. The number of hydrogen-bond acceptors (Lipinski definition) is 7. The van der Waals surface area contributed by atoms with Crippen molar-refractivity contribution in [2.24, 2.45) is 0 Å². The van der Waals surface area contributed by atoms with E-state index in [0.717, 1.165) is 64.2 Å². The van der Waals surface area contributed by atoms with Crippen molar-refractivity contribution in [3.05, 3.63) is 72.9 Å². The SMILES string of the molecule is CC/C=C\C/C=C\C/C=C\C/C=C\C/C=C\CCCCCCCCCCCCCCCC(=O)NC(COP(=O)([O-])OCC[N+](C)(C)C)C(O)C(O)CCC/C=C/CCCCCCCCC. The van der Waals surface area contributed by atoms with E-state index in [2.05, 4.69) is 92.1 Å². The number of rotatable bonds is 47. The standard InChI is InChI=1S/C55H101N2O7P/c1-6-8-10-12-14-16-18-20-21-22-23-24-25-26-27-28-29-30-31-32-33-34-35-36-38-40-42-44-46-48-54(59)56-52(51-64-65(61,62)63-50-49-57(3,4)5)55(60)53(58)47-45-43-41-39-37-19-17-15-13-11-9-7-2/h8,10,14,16,20-21,23-24,26-27,39,41,52-53,55,58,60H,6-7,9,11-13,15,17-19,22,25,28-38,40,42-51H2,1-5H3,(H-,56,59,61,62)/b10-8-,16-14-,21-20-,24-23-,27-26-,41-39+. The van der Waals surface area contributed by atoms with Gasteiger partial charge in [-0.1, -0.05) is 196 Å². The predicted molar refractivity (Wildman–Crippen MR) is 276 cm³/mol. The van der Waals surface area contributed by atoms with Gasteiger partial charge < -0.3 is 34.0 Å². The molecule has 378 valence electrons. The van der Waals surface area contributed by atoms with Crippen molar-refractivity contribution in [2.45, 2.75) is 231 Å². The molecule has 0 bridgehead atoms. The third-order valence-electron chi connectivity index (χ3n) is 11.5. The van der Waals surface area contributed by atoms with Crippen LogP contribution >= 0.6 is 7.82 Å². The van der Waals surface area contributed by atoms with Gasteiger partial charge in [-0.15, -0.1) is 0 Å². The third-order valence-corrected chi connectivity index (χ3v) is 12.5. The van der Waals surface area contributed by atoms with Crippen LogP contribution in [-0.4, -0.2) is 79.8 Å². The summed E-state index contributed by atoms with van der Waals surface area (Å²) in [5.41, 5.74) is 0. The molecule has 0 aromatic heterocycles. The molecule has 0 saturated carbocycles. The maximum Gasteiger partial charge on any atom is 0.268 e. The molecule has 0 heterocycles. The quantitative estimate of drug-likeness (QED) is 0.0240. The van der Waals surface area contributed by atoms with E-state index in [1.807, 2.05) is 21.1 Å². The van der Waals surface area contributed by atoms with E-state index in [1.165, 1.54) is 109 Å². The second kappa shape index (κ2) is 45.7. The Morgan fingerprint density at radius 2 is 0.969 bits per heavy atom. The van der Waals surface area contributed by atoms with Crippen LogP contribution in [0.25, 0.3) is 0 Å². The lowest BCUT2D eigenvalue weighted by atomic mass is 10.0. The normalized spacial score (nSPS) is 15.1. The number of nitrogens with zero attached hydrogens (tertiary/aromatic N) is 1. The molecular formula is C55H101N2O7P. The first-order valence-electron chi connectivity index (χ1n) is 26.4. The summed E-state index contributed by atoms with van der Waals surface area (Å²) in [7, 11) is 1.10. The van der Waals surface area contributed by atoms with Crippen LogP contribution in [0.4, 0.5) is 0 Å². The van der Waals surface area contributed by atoms with E-state index < -0.39 is 32.7 Å². The molecule has 0 aliphatic carbocycles. The van der Waals surface area contributed by atoms with Gasteiger partial charge in [-0.3, -0.25) is 9.36 Å². The highest BCUT2D eigenvalue weighted by molar-refractivity contribution is 7.45. The van der Waals surface area contributed by atoms with Crippen LogP contribution in [-0.2, 0) is 18.4 Å². The Kier molecular flexibility index (Phi) is 44.2. The van der Waals surface area contributed by atoms with E-state index in [4.69, 9.17) is 9.05 Å². The number of phosphoric acid groups is 1. The molecule has 0 fully saturated rings. The number of quaternary nitrogens is 1. The molecule has 9 nitrogen and oxygen atoms in total. The smallest absolute Gasteiger partial charge is 0.268 e. The molecule has 10 heteroatoms. The number of amides is 1. The Bertz CT molecular complexity index is 1300. The van der Waals surface area contributed by atoms with Crippen LogP contribution in [0, 0.1) is 0 Å².